The Morgan fingerprint density at radius 1 is 1.14 bits per heavy atom. The summed E-state index contributed by atoms with van der Waals surface area (Å²) in [7, 11) is -3.63. The second kappa shape index (κ2) is 7.46. The molecule has 1 atom stereocenters. The van der Waals surface area contributed by atoms with Crippen molar-refractivity contribution < 1.29 is 12.9 Å². The number of hydrogen-bond acceptors (Lipinski definition) is 6. The molecule has 2 aromatic carbocycles. The van der Waals surface area contributed by atoms with Gasteiger partial charge < -0.3 is 10.3 Å². The fraction of sp³-hybridized carbons (Fsp3) is 0.300. The third-order valence-corrected chi connectivity index (χ3v) is 6.93. The molecule has 1 unspecified atom stereocenters. The van der Waals surface area contributed by atoms with Crippen LogP contribution >= 0.6 is 0 Å². The quantitative estimate of drug-likeness (QED) is 0.709. The van der Waals surface area contributed by atoms with E-state index in [1.54, 1.807) is 24.3 Å². The maximum atomic E-state index is 13.1. The summed E-state index contributed by atoms with van der Waals surface area (Å²) in [4.78, 5) is 4.75. The summed E-state index contributed by atoms with van der Waals surface area (Å²) in [6, 6.07) is 14.0. The molecule has 1 fully saturated rings. The van der Waals surface area contributed by atoms with Gasteiger partial charge in [0.25, 0.3) is 0 Å². The van der Waals surface area contributed by atoms with Crippen molar-refractivity contribution in [2.75, 3.05) is 6.54 Å². The Morgan fingerprint density at radius 3 is 2.54 bits per heavy atom. The molecule has 2 N–H and O–H groups in total. The lowest BCUT2D eigenvalue weighted by Gasteiger charge is -2.21. The Bertz CT molecular complexity index is 1060. The first-order valence-corrected chi connectivity index (χ1v) is 10.6. The fourth-order valence-electron chi connectivity index (χ4n) is 3.40. The maximum absolute atomic E-state index is 13.1. The third kappa shape index (κ3) is 3.46. The zero-order valence-electron chi connectivity index (χ0n) is 15.6. The molecule has 1 saturated heterocycles. The van der Waals surface area contributed by atoms with E-state index in [4.69, 9.17) is 10.3 Å². The van der Waals surface area contributed by atoms with E-state index in [1.807, 2.05) is 31.2 Å². The first kappa shape index (κ1) is 18.8. The number of rotatable bonds is 5. The predicted molar refractivity (Wildman–Crippen MR) is 105 cm³/mol. The number of hydrogen-bond donors (Lipinski definition) is 1. The zero-order valence-corrected chi connectivity index (χ0v) is 16.4. The smallest absolute Gasteiger partial charge is 0.245 e. The lowest BCUT2D eigenvalue weighted by atomic mass is 10.1. The molecule has 8 heteroatoms. The number of benzene rings is 2. The highest BCUT2D eigenvalue weighted by Crippen LogP contribution is 2.36. The van der Waals surface area contributed by atoms with Crippen molar-refractivity contribution in [1.29, 1.82) is 0 Å². The van der Waals surface area contributed by atoms with Gasteiger partial charge in [-0.2, -0.15) is 9.29 Å². The second-order valence-electron chi connectivity index (χ2n) is 6.94. The Balaban J connectivity index is 1.61. The first-order valence-electron chi connectivity index (χ1n) is 9.20. The van der Waals surface area contributed by atoms with E-state index in [1.165, 1.54) is 4.31 Å². The molecule has 4 rings (SSSR count). The molecule has 0 spiro atoms. The largest absolute Gasteiger partial charge is 0.337 e. The molecule has 28 heavy (non-hydrogen) atoms. The van der Waals surface area contributed by atoms with Gasteiger partial charge in [-0.3, -0.25) is 0 Å². The van der Waals surface area contributed by atoms with Gasteiger partial charge in [0.15, 0.2) is 0 Å². The van der Waals surface area contributed by atoms with Crippen LogP contribution in [0, 0.1) is 6.92 Å². The van der Waals surface area contributed by atoms with Crippen molar-refractivity contribution in [2.24, 2.45) is 5.73 Å². The number of aryl methyl sites for hydroxylation is 1. The van der Waals surface area contributed by atoms with Crippen molar-refractivity contribution in [1.82, 2.24) is 14.4 Å². The minimum atomic E-state index is -3.63. The van der Waals surface area contributed by atoms with Gasteiger partial charge in [0.05, 0.1) is 4.90 Å². The van der Waals surface area contributed by atoms with Gasteiger partial charge >= 0.3 is 0 Å². The van der Waals surface area contributed by atoms with E-state index < -0.39 is 16.1 Å². The Labute approximate surface area is 164 Å². The topological polar surface area (TPSA) is 102 Å². The van der Waals surface area contributed by atoms with Gasteiger partial charge in [0, 0.05) is 18.7 Å². The second-order valence-corrected chi connectivity index (χ2v) is 8.83. The normalized spacial score (nSPS) is 17.9. The highest BCUT2D eigenvalue weighted by atomic mass is 32.2. The minimum absolute atomic E-state index is 0.280. The monoisotopic (exact) mass is 398 g/mol. The predicted octanol–water partition coefficient (Wildman–Crippen LogP) is 3.03. The van der Waals surface area contributed by atoms with Crippen LogP contribution in [0.1, 0.15) is 35.9 Å². The van der Waals surface area contributed by atoms with Crippen LogP contribution in [0.5, 0.6) is 0 Å². The van der Waals surface area contributed by atoms with Gasteiger partial charge in [-0.1, -0.05) is 47.1 Å². The number of nitrogens with zero attached hydrogens (tertiary/aromatic N) is 3. The molecule has 0 bridgehead atoms. The van der Waals surface area contributed by atoms with Gasteiger partial charge in [-0.15, -0.1) is 0 Å². The van der Waals surface area contributed by atoms with Crippen molar-refractivity contribution in [3.8, 4) is 11.4 Å². The van der Waals surface area contributed by atoms with Crippen LogP contribution in [0.15, 0.2) is 57.9 Å². The highest BCUT2D eigenvalue weighted by molar-refractivity contribution is 7.89. The van der Waals surface area contributed by atoms with Crippen molar-refractivity contribution in [3.63, 3.8) is 0 Å². The van der Waals surface area contributed by atoms with Gasteiger partial charge in [-0.25, -0.2) is 8.42 Å². The van der Waals surface area contributed by atoms with Crippen LogP contribution in [-0.4, -0.2) is 29.4 Å². The Morgan fingerprint density at radius 2 is 1.86 bits per heavy atom. The van der Waals surface area contributed by atoms with E-state index in [9.17, 15) is 8.42 Å². The fourth-order valence-corrected chi connectivity index (χ4v) is 5.05. The van der Waals surface area contributed by atoms with E-state index in [0.717, 1.165) is 23.1 Å². The molecular weight excluding hydrogens is 376 g/mol. The SMILES string of the molecule is Cc1ccc(S(=O)(=O)N2CCCC2c2nc(-c3ccc(CN)cc3)no2)cc1. The van der Waals surface area contributed by atoms with E-state index in [0.29, 0.717) is 31.2 Å². The van der Waals surface area contributed by atoms with E-state index in [-0.39, 0.29) is 4.90 Å². The molecule has 0 aliphatic carbocycles. The summed E-state index contributed by atoms with van der Waals surface area (Å²) in [5.41, 5.74) is 8.45. The summed E-state index contributed by atoms with van der Waals surface area (Å²) in [6.07, 6.45) is 1.40. The average Bonchev–Trinajstić information content (AvgIpc) is 3.38. The molecule has 1 aliphatic heterocycles. The molecule has 0 saturated carbocycles. The number of sulfonamides is 1. The van der Waals surface area contributed by atoms with Gasteiger partial charge in [0.1, 0.15) is 6.04 Å². The Hall–Kier alpha value is -2.55. The third-order valence-electron chi connectivity index (χ3n) is 5.01. The molecule has 146 valence electrons. The number of aromatic nitrogens is 2. The van der Waals surface area contributed by atoms with Crippen LogP contribution in [0.25, 0.3) is 11.4 Å². The molecule has 1 aliphatic rings. The summed E-state index contributed by atoms with van der Waals surface area (Å²) in [6.45, 7) is 2.82. The Kier molecular flexibility index (Phi) is 5.01. The lowest BCUT2D eigenvalue weighted by molar-refractivity contribution is 0.290. The van der Waals surface area contributed by atoms with Crippen LogP contribution in [0.3, 0.4) is 0 Å². The van der Waals surface area contributed by atoms with Crippen LogP contribution < -0.4 is 5.73 Å². The van der Waals surface area contributed by atoms with Crippen molar-refractivity contribution >= 4 is 10.0 Å². The van der Waals surface area contributed by atoms with Crippen molar-refractivity contribution in [3.05, 3.63) is 65.5 Å². The van der Waals surface area contributed by atoms with E-state index >= 15 is 0 Å². The zero-order chi connectivity index (χ0) is 19.7. The lowest BCUT2D eigenvalue weighted by Crippen LogP contribution is -2.30. The summed E-state index contributed by atoms with van der Waals surface area (Å²) >= 11 is 0. The van der Waals surface area contributed by atoms with Gasteiger partial charge in [0.2, 0.25) is 21.7 Å². The summed E-state index contributed by atoms with van der Waals surface area (Å²) in [5, 5.41) is 4.05. The number of nitrogens with two attached hydrogens (primary N) is 1. The molecule has 1 aromatic heterocycles. The average molecular weight is 398 g/mol. The minimum Gasteiger partial charge on any atom is -0.337 e. The molecule has 0 radical (unpaired) electrons. The van der Waals surface area contributed by atoms with Gasteiger partial charge in [-0.05, 0) is 37.5 Å². The molecule has 2 heterocycles. The van der Waals surface area contributed by atoms with Crippen LogP contribution in [-0.2, 0) is 16.6 Å². The molecular formula is C20H22N4O3S. The molecule has 0 amide bonds. The standard InChI is InChI=1S/C20H22N4O3S/c1-14-4-10-17(11-5-14)28(25,26)24-12-2-3-18(24)20-22-19(23-27-20)16-8-6-15(13-21)7-9-16/h4-11,18H,2-3,12-13,21H2,1H3. The van der Waals surface area contributed by atoms with Crippen molar-refractivity contribution in [2.45, 2.75) is 37.2 Å². The van der Waals surface area contributed by atoms with Crippen LogP contribution in [0.4, 0.5) is 0 Å². The molecule has 3 aromatic rings. The summed E-state index contributed by atoms with van der Waals surface area (Å²) in [5.74, 6) is 0.768. The molecule has 7 nitrogen and oxygen atoms in total. The van der Waals surface area contributed by atoms with Crippen LogP contribution in [0.2, 0.25) is 0 Å². The maximum Gasteiger partial charge on any atom is 0.245 e. The first-order chi connectivity index (χ1) is 13.5. The summed E-state index contributed by atoms with van der Waals surface area (Å²) < 4.78 is 33.1. The highest BCUT2D eigenvalue weighted by Gasteiger charge is 2.39. The van der Waals surface area contributed by atoms with E-state index in [2.05, 4.69) is 10.1 Å².